The number of ether oxygens (including phenoxy) is 1. The summed E-state index contributed by atoms with van der Waals surface area (Å²) < 4.78 is 47.2. The molecule has 8 heteroatoms. The van der Waals surface area contributed by atoms with Crippen molar-refractivity contribution in [2.75, 3.05) is 13.1 Å². The maximum atomic E-state index is 13.9. The van der Waals surface area contributed by atoms with Crippen LogP contribution < -0.4 is 9.46 Å². The second-order valence-corrected chi connectivity index (χ2v) is 7.70. The molecule has 0 bridgehead atoms. The molecule has 130 valence electrons. The molecular formula is C17H15FN2O4S. The first-order valence-corrected chi connectivity index (χ1v) is 9.26. The van der Waals surface area contributed by atoms with Gasteiger partial charge < -0.3 is 9.64 Å². The van der Waals surface area contributed by atoms with Gasteiger partial charge in [-0.1, -0.05) is 24.3 Å². The zero-order valence-electron chi connectivity index (χ0n) is 13.1. The molecule has 1 amide bonds. The molecule has 2 unspecified atom stereocenters. The zero-order chi connectivity index (χ0) is 17.6. The van der Waals surface area contributed by atoms with E-state index >= 15 is 0 Å². The van der Waals surface area contributed by atoms with E-state index in [1.165, 1.54) is 29.2 Å². The van der Waals surface area contributed by atoms with Gasteiger partial charge in [-0.25, -0.2) is 17.5 Å². The Kier molecular flexibility index (Phi) is 3.73. The van der Waals surface area contributed by atoms with E-state index in [1.54, 1.807) is 24.3 Å². The van der Waals surface area contributed by atoms with E-state index in [1.807, 2.05) is 0 Å². The van der Waals surface area contributed by atoms with E-state index < -0.39 is 33.9 Å². The monoisotopic (exact) mass is 362 g/mol. The average molecular weight is 362 g/mol. The van der Waals surface area contributed by atoms with E-state index in [0.717, 1.165) is 0 Å². The zero-order valence-corrected chi connectivity index (χ0v) is 13.9. The van der Waals surface area contributed by atoms with Gasteiger partial charge in [0.1, 0.15) is 22.6 Å². The van der Waals surface area contributed by atoms with Crippen LogP contribution in [0.3, 0.4) is 0 Å². The van der Waals surface area contributed by atoms with Crippen LogP contribution in [0.4, 0.5) is 4.39 Å². The van der Waals surface area contributed by atoms with Gasteiger partial charge in [0.15, 0.2) is 0 Å². The number of carbonyl (C=O) groups excluding carboxylic acids is 1. The summed E-state index contributed by atoms with van der Waals surface area (Å²) in [6.45, 7) is 0.291. The highest BCUT2D eigenvalue weighted by Crippen LogP contribution is 2.31. The lowest BCUT2D eigenvalue weighted by atomic mass is 10.2. The Morgan fingerprint density at radius 3 is 2.64 bits per heavy atom. The molecule has 2 aromatic rings. The van der Waals surface area contributed by atoms with Gasteiger partial charge in [0, 0.05) is 6.54 Å². The largest absolute Gasteiger partial charge is 0.485 e. The molecule has 2 atom stereocenters. The molecule has 1 fully saturated rings. The predicted molar refractivity (Wildman–Crippen MR) is 87.3 cm³/mol. The molecule has 0 radical (unpaired) electrons. The molecule has 1 N–H and O–H groups in total. The maximum Gasteiger partial charge on any atom is 0.257 e. The van der Waals surface area contributed by atoms with Crippen LogP contribution >= 0.6 is 0 Å². The number of para-hydroxylation sites is 1. The first-order valence-electron chi connectivity index (χ1n) is 7.77. The predicted octanol–water partition coefficient (Wildman–Crippen LogP) is 1.39. The topological polar surface area (TPSA) is 75.7 Å². The number of halogens is 1. The van der Waals surface area contributed by atoms with Crippen molar-refractivity contribution in [3.05, 3.63) is 59.9 Å². The van der Waals surface area contributed by atoms with Gasteiger partial charge in [-0.3, -0.25) is 4.79 Å². The number of likely N-dealkylation sites (tertiary alicyclic amines) is 1. The highest BCUT2D eigenvalue weighted by atomic mass is 32.2. The van der Waals surface area contributed by atoms with Crippen molar-refractivity contribution in [2.45, 2.75) is 17.0 Å². The summed E-state index contributed by atoms with van der Waals surface area (Å²) in [4.78, 5) is 14.0. The number of carbonyl (C=O) groups is 1. The fourth-order valence-electron chi connectivity index (χ4n) is 3.17. The van der Waals surface area contributed by atoms with E-state index in [4.69, 9.17) is 4.74 Å². The number of nitrogens with one attached hydrogen (secondary N) is 1. The highest BCUT2D eigenvalue weighted by Gasteiger charge is 2.43. The van der Waals surface area contributed by atoms with Crippen molar-refractivity contribution in [3.8, 4) is 5.75 Å². The number of hydrogen-bond donors (Lipinski definition) is 1. The van der Waals surface area contributed by atoms with Crippen LogP contribution in [0.5, 0.6) is 5.75 Å². The number of nitrogens with zero attached hydrogens (tertiary/aromatic N) is 1. The SMILES string of the molecule is O=C(c1ccccc1F)N1CC2NS(=O)(=O)c3ccccc3OC2C1. The summed E-state index contributed by atoms with van der Waals surface area (Å²) in [6, 6.07) is 11.5. The Labute approximate surface area is 144 Å². The second kappa shape index (κ2) is 5.82. The van der Waals surface area contributed by atoms with Crippen molar-refractivity contribution in [1.82, 2.24) is 9.62 Å². The van der Waals surface area contributed by atoms with Gasteiger partial charge in [-0.15, -0.1) is 0 Å². The van der Waals surface area contributed by atoms with Gasteiger partial charge in [0.25, 0.3) is 5.91 Å². The molecule has 2 aromatic carbocycles. The average Bonchev–Trinajstić information content (AvgIpc) is 2.92. The van der Waals surface area contributed by atoms with Crippen molar-refractivity contribution in [3.63, 3.8) is 0 Å². The fraction of sp³-hybridized carbons (Fsp3) is 0.235. The molecule has 6 nitrogen and oxygen atoms in total. The Morgan fingerprint density at radius 1 is 1.12 bits per heavy atom. The van der Waals surface area contributed by atoms with Crippen LogP contribution in [0.2, 0.25) is 0 Å². The molecule has 2 heterocycles. The lowest BCUT2D eigenvalue weighted by Crippen LogP contribution is -2.42. The van der Waals surface area contributed by atoms with Crippen LogP contribution in [-0.4, -0.2) is 44.5 Å². The molecule has 0 aromatic heterocycles. The van der Waals surface area contributed by atoms with Gasteiger partial charge in [0.05, 0.1) is 18.2 Å². The van der Waals surface area contributed by atoms with E-state index in [2.05, 4.69) is 4.72 Å². The number of amides is 1. The quantitative estimate of drug-likeness (QED) is 0.832. The van der Waals surface area contributed by atoms with E-state index in [-0.39, 0.29) is 29.3 Å². The second-order valence-electron chi connectivity index (χ2n) is 6.02. The van der Waals surface area contributed by atoms with Gasteiger partial charge in [0.2, 0.25) is 10.0 Å². The van der Waals surface area contributed by atoms with Gasteiger partial charge in [-0.05, 0) is 24.3 Å². The Morgan fingerprint density at radius 2 is 1.84 bits per heavy atom. The summed E-state index contributed by atoms with van der Waals surface area (Å²) in [5, 5.41) is 0. The smallest absolute Gasteiger partial charge is 0.257 e. The van der Waals surface area contributed by atoms with E-state index in [9.17, 15) is 17.6 Å². The lowest BCUT2D eigenvalue weighted by Gasteiger charge is -2.17. The maximum absolute atomic E-state index is 13.9. The summed E-state index contributed by atoms with van der Waals surface area (Å²) in [5.74, 6) is -0.837. The minimum absolute atomic E-state index is 0.0396. The summed E-state index contributed by atoms with van der Waals surface area (Å²) >= 11 is 0. The minimum Gasteiger partial charge on any atom is -0.485 e. The van der Waals surface area contributed by atoms with Gasteiger partial charge >= 0.3 is 0 Å². The number of rotatable bonds is 1. The van der Waals surface area contributed by atoms with Crippen molar-refractivity contribution in [2.24, 2.45) is 0 Å². The van der Waals surface area contributed by atoms with Crippen molar-refractivity contribution >= 4 is 15.9 Å². The third kappa shape index (κ3) is 2.77. The summed E-state index contributed by atoms with van der Waals surface area (Å²) in [6.07, 6.45) is -0.533. The van der Waals surface area contributed by atoms with Crippen LogP contribution in [0.15, 0.2) is 53.4 Å². The molecule has 0 spiro atoms. The third-order valence-electron chi connectivity index (χ3n) is 4.38. The Bertz CT molecular complexity index is 947. The van der Waals surface area contributed by atoms with Crippen molar-refractivity contribution in [1.29, 1.82) is 0 Å². The number of hydrogen-bond acceptors (Lipinski definition) is 4. The molecule has 2 aliphatic rings. The molecule has 1 saturated heterocycles. The van der Waals surface area contributed by atoms with Crippen LogP contribution in [0, 0.1) is 5.82 Å². The summed E-state index contributed by atoms with van der Waals surface area (Å²) in [5.41, 5.74) is -0.0396. The summed E-state index contributed by atoms with van der Waals surface area (Å²) in [7, 11) is -3.74. The standard InChI is InChI=1S/C17H15FN2O4S/c18-12-6-2-1-5-11(12)17(21)20-9-13-15(10-20)24-14-7-3-4-8-16(14)25(22,23)19-13/h1-8,13,15,19H,9-10H2. The molecule has 2 aliphatic heterocycles. The van der Waals surface area contributed by atoms with Crippen LogP contribution in [0.1, 0.15) is 10.4 Å². The highest BCUT2D eigenvalue weighted by molar-refractivity contribution is 7.89. The molecule has 25 heavy (non-hydrogen) atoms. The molecule has 4 rings (SSSR count). The number of sulfonamides is 1. The van der Waals surface area contributed by atoms with Crippen LogP contribution in [0.25, 0.3) is 0 Å². The first kappa shape index (κ1) is 16.0. The normalized spacial score (nSPS) is 24.0. The minimum atomic E-state index is -3.74. The fourth-order valence-corrected chi connectivity index (χ4v) is 4.56. The van der Waals surface area contributed by atoms with Gasteiger partial charge in [-0.2, -0.15) is 0 Å². The molecule has 0 saturated carbocycles. The lowest BCUT2D eigenvalue weighted by molar-refractivity contribution is 0.0767. The number of benzene rings is 2. The third-order valence-corrected chi connectivity index (χ3v) is 5.91. The molecule has 0 aliphatic carbocycles. The van der Waals surface area contributed by atoms with Crippen LogP contribution in [-0.2, 0) is 10.0 Å². The Balaban J connectivity index is 1.63. The molecular weight excluding hydrogens is 347 g/mol. The first-order chi connectivity index (χ1) is 12.0. The Hall–Kier alpha value is -2.45. The van der Waals surface area contributed by atoms with E-state index in [0.29, 0.717) is 0 Å². The van der Waals surface area contributed by atoms with Crippen molar-refractivity contribution < 1.29 is 22.3 Å². The number of fused-ring (bicyclic) bond motifs is 2.